The normalized spacial score (nSPS) is 10.3. The third-order valence-electron chi connectivity index (χ3n) is 2.35. The van der Waals surface area contributed by atoms with Crippen molar-refractivity contribution in [1.82, 2.24) is 9.97 Å². The molecule has 0 saturated heterocycles. The van der Waals surface area contributed by atoms with E-state index in [1.807, 2.05) is 30.5 Å². The number of benzene rings is 1. The molecule has 0 fully saturated rings. The molecule has 0 unspecified atom stereocenters. The number of anilines is 1. The van der Waals surface area contributed by atoms with E-state index < -0.39 is 0 Å². The zero-order valence-electron chi connectivity index (χ0n) is 10.3. The number of thioether (sulfide) groups is 1. The molecule has 0 aliphatic rings. The molecular formula is C12H13BrN4OS. The Bertz CT molecular complexity index is 545. The number of hydrogen-bond acceptors (Lipinski definition) is 6. The van der Waals surface area contributed by atoms with Crippen LogP contribution in [0.4, 0.5) is 5.82 Å². The Hall–Kier alpha value is -1.31. The molecule has 0 aliphatic heterocycles. The quantitative estimate of drug-likeness (QED) is 0.377. The number of nitrogens with one attached hydrogen (secondary N) is 1. The topological polar surface area (TPSA) is 73.1 Å². The molecule has 0 atom stereocenters. The third kappa shape index (κ3) is 3.82. The van der Waals surface area contributed by atoms with E-state index in [9.17, 15) is 0 Å². The summed E-state index contributed by atoms with van der Waals surface area (Å²) in [5.74, 6) is 6.38. The van der Waals surface area contributed by atoms with Gasteiger partial charge in [-0.15, -0.1) is 0 Å². The SMILES string of the molecule is CSc1nc(NN)cc(OCc2ccccc2Br)n1. The Kier molecular flexibility index (Phi) is 5.00. The Labute approximate surface area is 124 Å². The van der Waals surface area contributed by atoms with Crippen LogP contribution in [0.3, 0.4) is 0 Å². The fourth-order valence-electron chi connectivity index (χ4n) is 1.41. The summed E-state index contributed by atoms with van der Waals surface area (Å²) in [7, 11) is 0. The van der Waals surface area contributed by atoms with Crippen molar-refractivity contribution in [1.29, 1.82) is 0 Å². The number of nitrogens with two attached hydrogens (primary N) is 1. The Morgan fingerprint density at radius 1 is 1.37 bits per heavy atom. The number of halogens is 1. The predicted octanol–water partition coefficient (Wildman–Crippen LogP) is 2.83. The van der Waals surface area contributed by atoms with Crippen molar-refractivity contribution in [2.75, 3.05) is 11.7 Å². The van der Waals surface area contributed by atoms with Crippen molar-refractivity contribution in [3.05, 3.63) is 40.4 Å². The minimum absolute atomic E-state index is 0.427. The van der Waals surface area contributed by atoms with Crippen molar-refractivity contribution < 1.29 is 4.74 Å². The van der Waals surface area contributed by atoms with E-state index in [2.05, 4.69) is 31.3 Å². The average molecular weight is 341 g/mol. The number of ether oxygens (including phenoxy) is 1. The number of nitrogen functional groups attached to an aromatic ring is 1. The van der Waals surface area contributed by atoms with E-state index in [0.717, 1.165) is 10.0 Å². The zero-order chi connectivity index (χ0) is 13.7. The summed E-state index contributed by atoms with van der Waals surface area (Å²) in [5, 5.41) is 0.609. The van der Waals surface area contributed by atoms with Gasteiger partial charge < -0.3 is 10.2 Å². The first-order chi connectivity index (χ1) is 9.22. The molecule has 0 aliphatic carbocycles. The lowest BCUT2D eigenvalue weighted by Gasteiger charge is -2.09. The highest BCUT2D eigenvalue weighted by Gasteiger charge is 2.05. The number of hydrazine groups is 1. The van der Waals surface area contributed by atoms with Gasteiger partial charge in [0.2, 0.25) is 5.88 Å². The lowest BCUT2D eigenvalue weighted by Crippen LogP contribution is -2.10. The first kappa shape index (κ1) is 14.1. The average Bonchev–Trinajstić information content (AvgIpc) is 2.46. The molecule has 1 heterocycles. The van der Waals surface area contributed by atoms with Crippen LogP contribution in [0.25, 0.3) is 0 Å². The van der Waals surface area contributed by atoms with Crippen LogP contribution < -0.4 is 16.0 Å². The van der Waals surface area contributed by atoms with E-state index in [4.69, 9.17) is 10.6 Å². The first-order valence-corrected chi connectivity index (χ1v) is 7.50. The van der Waals surface area contributed by atoms with Crippen LogP contribution in [0.1, 0.15) is 5.56 Å². The summed E-state index contributed by atoms with van der Waals surface area (Å²) in [5.41, 5.74) is 3.55. The number of rotatable bonds is 5. The molecule has 19 heavy (non-hydrogen) atoms. The maximum absolute atomic E-state index is 5.67. The van der Waals surface area contributed by atoms with Crippen LogP contribution >= 0.6 is 27.7 Å². The van der Waals surface area contributed by atoms with Crippen molar-refractivity contribution in [3.8, 4) is 5.88 Å². The predicted molar refractivity (Wildman–Crippen MR) is 80.1 cm³/mol. The summed E-state index contributed by atoms with van der Waals surface area (Å²) < 4.78 is 6.67. The molecule has 0 saturated carbocycles. The largest absolute Gasteiger partial charge is 0.473 e. The van der Waals surface area contributed by atoms with Gasteiger partial charge in [-0.2, -0.15) is 4.98 Å². The highest BCUT2D eigenvalue weighted by Crippen LogP contribution is 2.21. The second kappa shape index (κ2) is 6.74. The maximum Gasteiger partial charge on any atom is 0.219 e. The molecule has 1 aromatic heterocycles. The van der Waals surface area contributed by atoms with Gasteiger partial charge >= 0.3 is 0 Å². The molecule has 5 nitrogen and oxygen atoms in total. The van der Waals surface area contributed by atoms with Crippen molar-refractivity contribution in [2.24, 2.45) is 5.84 Å². The van der Waals surface area contributed by atoms with Gasteiger partial charge in [-0.25, -0.2) is 10.8 Å². The minimum atomic E-state index is 0.427. The van der Waals surface area contributed by atoms with Gasteiger partial charge in [0.1, 0.15) is 12.4 Å². The number of nitrogens with zero attached hydrogens (tertiary/aromatic N) is 2. The Balaban J connectivity index is 2.13. The lowest BCUT2D eigenvalue weighted by atomic mass is 10.2. The third-order valence-corrected chi connectivity index (χ3v) is 3.67. The molecule has 2 rings (SSSR count). The van der Waals surface area contributed by atoms with Gasteiger partial charge in [-0.05, 0) is 12.3 Å². The summed E-state index contributed by atoms with van der Waals surface area (Å²) >= 11 is 4.91. The van der Waals surface area contributed by atoms with Gasteiger partial charge in [0.25, 0.3) is 0 Å². The molecular weight excluding hydrogens is 328 g/mol. The Morgan fingerprint density at radius 3 is 2.84 bits per heavy atom. The summed E-state index contributed by atoms with van der Waals surface area (Å²) in [4.78, 5) is 8.43. The van der Waals surface area contributed by atoms with Crippen LogP contribution in [0.15, 0.2) is 40.0 Å². The van der Waals surface area contributed by atoms with Crippen LogP contribution in [0.2, 0.25) is 0 Å². The molecule has 0 radical (unpaired) electrons. The van der Waals surface area contributed by atoms with Crippen molar-refractivity contribution >= 4 is 33.5 Å². The van der Waals surface area contributed by atoms with E-state index in [0.29, 0.717) is 23.5 Å². The van der Waals surface area contributed by atoms with E-state index in [1.54, 1.807) is 6.07 Å². The molecule has 100 valence electrons. The number of aromatic nitrogens is 2. The molecule has 0 amide bonds. The van der Waals surface area contributed by atoms with Crippen molar-refractivity contribution in [3.63, 3.8) is 0 Å². The van der Waals surface area contributed by atoms with Crippen LogP contribution in [-0.4, -0.2) is 16.2 Å². The fraction of sp³-hybridized carbons (Fsp3) is 0.167. The summed E-state index contributed by atoms with van der Waals surface area (Å²) in [6.07, 6.45) is 1.90. The Morgan fingerprint density at radius 2 is 2.16 bits per heavy atom. The smallest absolute Gasteiger partial charge is 0.219 e. The molecule has 1 aromatic carbocycles. The summed E-state index contributed by atoms with van der Waals surface area (Å²) in [6, 6.07) is 9.54. The zero-order valence-corrected chi connectivity index (χ0v) is 12.7. The maximum atomic E-state index is 5.67. The van der Waals surface area contributed by atoms with Crippen LogP contribution in [-0.2, 0) is 6.61 Å². The minimum Gasteiger partial charge on any atom is -0.473 e. The van der Waals surface area contributed by atoms with Gasteiger partial charge in [-0.3, -0.25) is 0 Å². The van der Waals surface area contributed by atoms with Gasteiger partial charge in [0.05, 0.1) is 0 Å². The molecule has 0 bridgehead atoms. The van der Waals surface area contributed by atoms with E-state index >= 15 is 0 Å². The van der Waals surface area contributed by atoms with Crippen molar-refractivity contribution in [2.45, 2.75) is 11.8 Å². The number of hydrogen-bond donors (Lipinski definition) is 2. The lowest BCUT2D eigenvalue weighted by molar-refractivity contribution is 0.290. The monoisotopic (exact) mass is 340 g/mol. The summed E-state index contributed by atoms with van der Waals surface area (Å²) in [6.45, 7) is 0.427. The van der Waals surface area contributed by atoms with Crippen LogP contribution in [0, 0.1) is 0 Å². The highest BCUT2D eigenvalue weighted by molar-refractivity contribution is 9.10. The second-order valence-corrected chi connectivity index (χ2v) is 5.23. The molecule has 2 aromatic rings. The van der Waals surface area contributed by atoms with Gasteiger partial charge in [0, 0.05) is 16.1 Å². The highest BCUT2D eigenvalue weighted by atomic mass is 79.9. The van der Waals surface area contributed by atoms with E-state index in [1.165, 1.54) is 11.8 Å². The van der Waals surface area contributed by atoms with E-state index in [-0.39, 0.29) is 0 Å². The molecule has 0 spiro atoms. The molecule has 7 heteroatoms. The fourth-order valence-corrected chi connectivity index (χ4v) is 2.18. The first-order valence-electron chi connectivity index (χ1n) is 5.49. The van der Waals surface area contributed by atoms with Gasteiger partial charge in [-0.1, -0.05) is 45.9 Å². The second-order valence-electron chi connectivity index (χ2n) is 3.60. The molecule has 3 N–H and O–H groups in total. The standard InChI is InChI=1S/C12H13BrN4OS/c1-19-12-15-10(17-14)6-11(16-12)18-7-8-4-2-3-5-9(8)13/h2-6H,7,14H2,1H3,(H,15,16,17). The van der Waals surface area contributed by atoms with Crippen LogP contribution in [0.5, 0.6) is 5.88 Å². The van der Waals surface area contributed by atoms with Gasteiger partial charge in [0.15, 0.2) is 5.16 Å².